The first-order chi connectivity index (χ1) is 11.0. The number of thioether (sulfide) groups is 1. The van der Waals surface area contributed by atoms with Gasteiger partial charge >= 0.3 is 0 Å². The van der Waals surface area contributed by atoms with Crippen molar-refractivity contribution in [2.75, 3.05) is 23.9 Å². The number of thiocarbonyl (C=S) groups is 1. The van der Waals surface area contributed by atoms with Gasteiger partial charge in [0.25, 0.3) is 5.91 Å². The molecule has 0 unspecified atom stereocenters. The second-order valence-corrected chi connectivity index (χ2v) is 7.03. The molecule has 0 N–H and O–H groups in total. The Morgan fingerprint density at radius 1 is 1.43 bits per heavy atom. The smallest absolute Gasteiger partial charge is 0.271 e. The highest BCUT2D eigenvalue weighted by Gasteiger charge is 2.30. The second-order valence-electron chi connectivity index (χ2n) is 5.45. The van der Waals surface area contributed by atoms with Crippen LogP contribution < -0.4 is 9.64 Å². The maximum atomic E-state index is 12.4. The Balaban J connectivity index is 1.91. The van der Waals surface area contributed by atoms with Gasteiger partial charge in [0.05, 0.1) is 18.0 Å². The number of rotatable bonds is 5. The quantitative estimate of drug-likeness (QED) is 0.759. The highest BCUT2D eigenvalue weighted by Crippen LogP contribution is 2.31. The molecule has 0 spiro atoms. The van der Waals surface area contributed by atoms with E-state index in [9.17, 15) is 9.59 Å². The van der Waals surface area contributed by atoms with Gasteiger partial charge in [0.1, 0.15) is 5.75 Å². The van der Waals surface area contributed by atoms with Gasteiger partial charge in [-0.15, -0.1) is 0 Å². The average molecular weight is 353 g/mol. The second kappa shape index (κ2) is 8.31. The molecule has 1 aromatic carbocycles. The number of para-hydroxylation sites is 2. The Bertz CT molecular complexity index is 603. The summed E-state index contributed by atoms with van der Waals surface area (Å²) >= 11 is 6.23. The predicted octanol–water partition coefficient (Wildman–Crippen LogP) is 3.02. The van der Waals surface area contributed by atoms with E-state index >= 15 is 0 Å². The molecule has 2 amide bonds. The lowest BCUT2D eigenvalue weighted by Gasteiger charge is -2.27. The molecule has 1 aromatic rings. The van der Waals surface area contributed by atoms with Gasteiger partial charge in [0.2, 0.25) is 10.3 Å². The largest absolute Gasteiger partial charge is 0.482 e. The minimum atomic E-state index is -0.374. The Morgan fingerprint density at radius 2 is 2.17 bits per heavy atom. The molecule has 23 heavy (non-hydrogen) atoms. The van der Waals surface area contributed by atoms with E-state index in [1.54, 1.807) is 24.3 Å². The zero-order valence-electron chi connectivity index (χ0n) is 13.1. The summed E-state index contributed by atoms with van der Waals surface area (Å²) in [5.41, 5.74) is 0.473. The SMILES string of the molecule is CC(C)CCOC(=S)SCC(=O)N1C(=O)COc2ccccc21. The van der Waals surface area contributed by atoms with Gasteiger partial charge in [-0.25, -0.2) is 4.90 Å². The van der Waals surface area contributed by atoms with Crippen LogP contribution in [0.25, 0.3) is 0 Å². The minimum absolute atomic E-state index is 0.0561. The fraction of sp³-hybridized carbons (Fsp3) is 0.438. The molecule has 1 heterocycles. The van der Waals surface area contributed by atoms with E-state index in [0.717, 1.165) is 23.1 Å². The number of carbonyl (C=O) groups is 2. The van der Waals surface area contributed by atoms with Crippen LogP contribution in [0.15, 0.2) is 24.3 Å². The van der Waals surface area contributed by atoms with Gasteiger partial charge in [-0.1, -0.05) is 37.7 Å². The molecule has 0 saturated heterocycles. The summed E-state index contributed by atoms with van der Waals surface area (Å²) in [6, 6.07) is 6.97. The Hall–Kier alpha value is -1.60. The summed E-state index contributed by atoms with van der Waals surface area (Å²) in [7, 11) is 0. The van der Waals surface area contributed by atoms with Crippen LogP contribution in [0.5, 0.6) is 5.75 Å². The summed E-state index contributed by atoms with van der Waals surface area (Å²) < 4.78 is 11.0. The number of carbonyl (C=O) groups excluding carboxylic acids is 2. The predicted molar refractivity (Wildman–Crippen MR) is 94.9 cm³/mol. The maximum absolute atomic E-state index is 12.4. The number of hydrogen-bond acceptors (Lipinski definition) is 6. The molecule has 124 valence electrons. The molecule has 0 aromatic heterocycles. The van der Waals surface area contributed by atoms with E-state index in [1.807, 2.05) is 0 Å². The molecule has 7 heteroatoms. The molecule has 0 aliphatic carbocycles. The third kappa shape index (κ3) is 4.94. The van der Waals surface area contributed by atoms with Crippen LogP contribution in [0.2, 0.25) is 0 Å². The normalized spacial score (nSPS) is 13.5. The standard InChI is InChI=1S/C16H19NO4S2/c1-11(2)7-8-20-16(22)23-10-15(19)17-12-5-3-4-6-13(12)21-9-14(17)18/h3-6,11H,7-10H2,1-2H3. The number of ether oxygens (including phenoxy) is 2. The molecule has 0 saturated carbocycles. The highest BCUT2D eigenvalue weighted by atomic mass is 32.2. The van der Waals surface area contributed by atoms with Gasteiger partial charge in [0, 0.05) is 0 Å². The van der Waals surface area contributed by atoms with Gasteiger partial charge in [-0.2, -0.15) is 0 Å². The molecule has 0 atom stereocenters. The molecule has 1 aliphatic rings. The lowest BCUT2D eigenvalue weighted by molar-refractivity contribution is -0.127. The van der Waals surface area contributed by atoms with Crippen molar-refractivity contribution in [3.8, 4) is 5.75 Å². The van der Waals surface area contributed by atoms with Crippen LogP contribution in [-0.2, 0) is 14.3 Å². The first-order valence-electron chi connectivity index (χ1n) is 7.36. The first kappa shape index (κ1) is 17.7. The maximum Gasteiger partial charge on any atom is 0.271 e. The Kier molecular flexibility index (Phi) is 6.41. The number of anilines is 1. The minimum Gasteiger partial charge on any atom is -0.482 e. The Morgan fingerprint density at radius 3 is 2.91 bits per heavy atom. The van der Waals surface area contributed by atoms with Gasteiger partial charge < -0.3 is 9.47 Å². The van der Waals surface area contributed by atoms with Crippen molar-refractivity contribution < 1.29 is 19.1 Å². The van der Waals surface area contributed by atoms with Crippen molar-refractivity contribution in [1.82, 2.24) is 0 Å². The van der Waals surface area contributed by atoms with Crippen molar-refractivity contribution in [2.45, 2.75) is 20.3 Å². The molecular formula is C16H19NO4S2. The fourth-order valence-corrected chi connectivity index (χ4v) is 2.78. The number of amides is 2. The number of imide groups is 1. The molecule has 0 fully saturated rings. The first-order valence-corrected chi connectivity index (χ1v) is 8.75. The monoisotopic (exact) mass is 353 g/mol. The summed E-state index contributed by atoms with van der Waals surface area (Å²) in [4.78, 5) is 25.5. The van der Waals surface area contributed by atoms with E-state index in [1.165, 1.54) is 0 Å². The molecular weight excluding hydrogens is 334 g/mol. The summed E-state index contributed by atoms with van der Waals surface area (Å²) in [5, 5.41) is 0. The lowest BCUT2D eigenvalue weighted by atomic mass is 10.1. The Labute approximate surface area is 145 Å². The topological polar surface area (TPSA) is 55.8 Å². The average Bonchev–Trinajstić information content (AvgIpc) is 2.52. The highest BCUT2D eigenvalue weighted by molar-refractivity contribution is 8.23. The van der Waals surface area contributed by atoms with Gasteiger partial charge in [-0.3, -0.25) is 9.59 Å². The summed E-state index contributed by atoms with van der Waals surface area (Å²) in [6.07, 6.45) is 0.907. The van der Waals surface area contributed by atoms with Gasteiger partial charge in [-0.05, 0) is 36.7 Å². The van der Waals surface area contributed by atoms with Crippen LogP contribution in [0.4, 0.5) is 5.69 Å². The van der Waals surface area contributed by atoms with Crippen LogP contribution in [0.1, 0.15) is 20.3 Å². The zero-order chi connectivity index (χ0) is 16.8. The van der Waals surface area contributed by atoms with Crippen molar-refractivity contribution in [1.29, 1.82) is 0 Å². The fourth-order valence-electron chi connectivity index (χ4n) is 1.98. The molecule has 5 nitrogen and oxygen atoms in total. The van der Waals surface area contributed by atoms with Crippen molar-refractivity contribution in [2.24, 2.45) is 5.92 Å². The third-order valence-corrected chi connectivity index (χ3v) is 4.40. The summed E-state index contributed by atoms with van der Waals surface area (Å²) in [5.74, 6) is 0.417. The third-order valence-electron chi connectivity index (χ3n) is 3.18. The van der Waals surface area contributed by atoms with Gasteiger partial charge in [0.15, 0.2) is 6.61 Å². The zero-order valence-corrected chi connectivity index (χ0v) is 14.7. The lowest BCUT2D eigenvalue weighted by Crippen LogP contribution is -2.44. The molecule has 2 rings (SSSR count). The van der Waals surface area contributed by atoms with Crippen molar-refractivity contribution in [3.05, 3.63) is 24.3 Å². The number of fused-ring (bicyclic) bond motifs is 1. The summed E-state index contributed by atoms with van der Waals surface area (Å²) in [6.45, 7) is 4.61. The van der Waals surface area contributed by atoms with E-state index < -0.39 is 0 Å². The van der Waals surface area contributed by atoms with Crippen LogP contribution in [0.3, 0.4) is 0 Å². The van der Waals surface area contributed by atoms with E-state index in [2.05, 4.69) is 13.8 Å². The van der Waals surface area contributed by atoms with Crippen LogP contribution in [0, 0.1) is 5.92 Å². The van der Waals surface area contributed by atoms with E-state index in [4.69, 9.17) is 21.7 Å². The van der Waals surface area contributed by atoms with Crippen LogP contribution >= 0.6 is 24.0 Å². The van der Waals surface area contributed by atoms with Crippen molar-refractivity contribution >= 4 is 45.9 Å². The number of benzene rings is 1. The van der Waals surface area contributed by atoms with Crippen LogP contribution in [-0.4, -0.2) is 35.2 Å². The van der Waals surface area contributed by atoms with E-state index in [-0.39, 0.29) is 24.2 Å². The van der Waals surface area contributed by atoms with Crippen molar-refractivity contribution in [3.63, 3.8) is 0 Å². The number of hydrogen-bond donors (Lipinski definition) is 0. The number of nitrogens with zero attached hydrogens (tertiary/aromatic N) is 1. The van der Waals surface area contributed by atoms with E-state index in [0.29, 0.717) is 28.3 Å². The molecule has 0 bridgehead atoms. The molecule has 0 radical (unpaired) electrons. The molecule has 1 aliphatic heterocycles.